The average Bonchev–Trinajstić information content (AvgIpc) is 3.05. The lowest BCUT2D eigenvalue weighted by atomic mass is 10.2. The Labute approximate surface area is 123 Å². The molecule has 2 heterocycles. The highest BCUT2D eigenvalue weighted by Gasteiger charge is 2.05. The van der Waals surface area contributed by atoms with Crippen LogP contribution in [0.4, 0.5) is 5.69 Å². The van der Waals surface area contributed by atoms with E-state index in [2.05, 4.69) is 39.7 Å². The normalized spacial score (nSPS) is 10.8. The Bertz CT molecular complexity index is 738. The quantitative estimate of drug-likeness (QED) is 0.796. The first kappa shape index (κ1) is 13.4. The molecule has 0 saturated heterocycles. The van der Waals surface area contributed by atoms with Gasteiger partial charge in [0.1, 0.15) is 6.33 Å². The van der Waals surface area contributed by atoms with Crippen molar-refractivity contribution in [3.8, 4) is 11.4 Å². The summed E-state index contributed by atoms with van der Waals surface area (Å²) in [7, 11) is 3.89. The zero-order chi connectivity index (χ0) is 14.8. The molecule has 0 amide bonds. The molecule has 0 aliphatic rings. The lowest BCUT2D eigenvalue weighted by Gasteiger charge is -2.07. The fraction of sp³-hybridized carbons (Fsp3) is 0.267. The molecule has 0 spiro atoms. The van der Waals surface area contributed by atoms with Crippen molar-refractivity contribution in [3.63, 3.8) is 0 Å². The van der Waals surface area contributed by atoms with E-state index in [-0.39, 0.29) is 0 Å². The van der Waals surface area contributed by atoms with Crippen molar-refractivity contribution >= 4 is 5.69 Å². The first-order chi connectivity index (χ1) is 10.1. The number of benzene rings is 1. The van der Waals surface area contributed by atoms with Gasteiger partial charge >= 0.3 is 0 Å². The SMILES string of the molecule is Cc1c(CNc2ccc(-c3nncn3C)cc2)cnn1C. The van der Waals surface area contributed by atoms with Crippen molar-refractivity contribution in [2.75, 3.05) is 5.32 Å². The van der Waals surface area contributed by atoms with Crippen LogP contribution in [0, 0.1) is 6.92 Å². The lowest BCUT2D eigenvalue weighted by Crippen LogP contribution is -2.01. The number of aromatic nitrogens is 5. The predicted octanol–water partition coefficient (Wildman–Crippen LogP) is 2.14. The van der Waals surface area contributed by atoms with Gasteiger partial charge < -0.3 is 9.88 Å². The summed E-state index contributed by atoms with van der Waals surface area (Å²) in [6.45, 7) is 2.84. The van der Waals surface area contributed by atoms with Crippen LogP contribution in [0.3, 0.4) is 0 Å². The molecule has 1 N–H and O–H groups in total. The van der Waals surface area contributed by atoms with E-state index < -0.39 is 0 Å². The molecule has 0 atom stereocenters. The van der Waals surface area contributed by atoms with Gasteiger partial charge in [0.15, 0.2) is 5.82 Å². The van der Waals surface area contributed by atoms with Crippen molar-refractivity contribution < 1.29 is 0 Å². The van der Waals surface area contributed by atoms with Gasteiger partial charge in [-0.3, -0.25) is 4.68 Å². The minimum atomic E-state index is 0.767. The highest BCUT2D eigenvalue weighted by molar-refractivity contribution is 5.59. The van der Waals surface area contributed by atoms with E-state index in [4.69, 9.17) is 0 Å². The monoisotopic (exact) mass is 282 g/mol. The van der Waals surface area contributed by atoms with Crippen LogP contribution >= 0.6 is 0 Å². The molecule has 3 aromatic rings. The number of hydrogen-bond acceptors (Lipinski definition) is 4. The third kappa shape index (κ3) is 2.65. The Kier molecular flexibility index (Phi) is 3.43. The van der Waals surface area contributed by atoms with Crippen molar-refractivity contribution in [2.45, 2.75) is 13.5 Å². The van der Waals surface area contributed by atoms with Gasteiger partial charge in [0.2, 0.25) is 0 Å². The smallest absolute Gasteiger partial charge is 0.163 e. The molecule has 0 aliphatic carbocycles. The molecule has 6 nitrogen and oxygen atoms in total. The molecule has 0 unspecified atom stereocenters. The highest BCUT2D eigenvalue weighted by atomic mass is 15.3. The Morgan fingerprint density at radius 3 is 2.48 bits per heavy atom. The largest absolute Gasteiger partial charge is 0.381 e. The van der Waals surface area contributed by atoms with Crippen LogP contribution in [0.25, 0.3) is 11.4 Å². The van der Waals surface area contributed by atoms with Gasteiger partial charge in [-0.25, -0.2) is 0 Å². The van der Waals surface area contributed by atoms with Crippen LogP contribution in [-0.4, -0.2) is 24.5 Å². The van der Waals surface area contributed by atoms with Gasteiger partial charge in [-0.2, -0.15) is 5.10 Å². The third-order valence-corrected chi connectivity index (χ3v) is 3.67. The summed E-state index contributed by atoms with van der Waals surface area (Å²) >= 11 is 0. The number of anilines is 1. The minimum Gasteiger partial charge on any atom is -0.381 e. The van der Waals surface area contributed by atoms with Crippen LogP contribution in [0.15, 0.2) is 36.8 Å². The van der Waals surface area contributed by atoms with Gasteiger partial charge in [0.25, 0.3) is 0 Å². The van der Waals surface area contributed by atoms with Crippen LogP contribution in [0.2, 0.25) is 0 Å². The highest BCUT2D eigenvalue weighted by Crippen LogP contribution is 2.19. The van der Waals surface area contributed by atoms with Crippen molar-refractivity contribution in [1.82, 2.24) is 24.5 Å². The van der Waals surface area contributed by atoms with Gasteiger partial charge in [-0.05, 0) is 31.2 Å². The second-order valence-electron chi connectivity index (χ2n) is 5.08. The van der Waals surface area contributed by atoms with E-state index in [9.17, 15) is 0 Å². The molecular formula is C15H18N6. The molecule has 6 heteroatoms. The molecule has 21 heavy (non-hydrogen) atoms. The molecule has 0 saturated carbocycles. The zero-order valence-corrected chi connectivity index (χ0v) is 12.4. The number of nitrogens with zero attached hydrogens (tertiary/aromatic N) is 5. The third-order valence-electron chi connectivity index (χ3n) is 3.67. The van der Waals surface area contributed by atoms with E-state index in [1.807, 2.05) is 41.7 Å². The second kappa shape index (κ2) is 5.40. The zero-order valence-electron chi connectivity index (χ0n) is 12.4. The Balaban J connectivity index is 1.70. The Hall–Kier alpha value is -2.63. The van der Waals surface area contributed by atoms with E-state index >= 15 is 0 Å². The van der Waals surface area contributed by atoms with Crippen LogP contribution < -0.4 is 5.32 Å². The standard InChI is InChI=1S/C15H18N6/c1-11-13(9-18-21(11)3)8-16-14-6-4-12(5-7-14)15-19-17-10-20(15)2/h4-7,9-10,16H,8H2,1-3H3. The van der Waals surface area contributed by atoms with Gasteiger partial charge in [0.05, 0.1) is 6.20 Å². The fourth-order valence-corrected chi connectivity index (χ4v) is 2.20. The fourth-order valence-electron chi connectivity index (χ4n) is 2.20. The maximum atomic E-state index is 4.24. The van der Waals surface area contributed by atoms with Crippen molar-refractivity contribution in [1.29, 1.82) is 0 Å². The summed E-state index contributed by atoms with van der Waals surface area (Å²) in [4.78, 5) is 0. The van der Waals surface area contributed by atoms with Crippen molar-refractivity contribution in [2.24, 2.45) is 14.1 Å². The van der Waals surface area contributed by atoms with E-state index in [0.29, 0.717) is 0 Å². The number of hydrogen-bond donors (Lipinski definition) is 1. The van der Waals surface area contributed by atoms with Crippen LogP contribution in [0.1, 0.15) is 11.3 Å². The van der Waals surface area contributed by atoms with Crippen molar-refractivity contribution in [3.05, 3.63) is 48.0 Å². The van der Waals surface area contributed by atoms with E-state index in [1.54, 1.807) is 6.33 Å². The number of rotatable bonds is 4. The molecular weight excluding hydrogens is 264 g/mol. The lowest BCUT2D eigenvalue weighted by molar-refractivity contribution is 0.738. The predicted molar refractivity (Wildman–Crippen MR) is 81.7 cm³/mol. The summed E-state index contributed by atoms with van der Waals surface area (Å²) in [6.07, 6.45) is 3.60. The second-order valence-corrected chi connectivity index (χ2v) is 5.08. The first-order valence-electron chi connectivity index (χ1n) is 6.81. The Morgan fingerprint density at radius 1 is 1.14 bits per heavy atom. The van der Waals surface area contributed by atoms with E-state index in [1.165, 1.54) is 11.3 Å². The van der Waals surface area contributed by atoms with Crippen LogP contribution in [0.5, 0.6) is 0 Å². The summed E-state index contributed by atoms with van der Waals surface area (Å²) in [5.41, 5.74) is 4.51. The molecule has 0 radical (unpaired) electrons. The average molecular weight is 282 g/mol. The molecule has 108 valence electrons. The Morgan fingerprint density at radius 2 is 1.90 bits per heavy atom. The van der Waals surface area contributed by atoms with Gasteiger partial charge in [-0.1, -0.05) is 0 Å². The number of nitrogens with one attached hydrogen (secondary N) is 1. The maximum Gasteiger partial charge on any atom is 0.163 e. The molecule has 0 aliphatic heterocycles. The molecule has 3 rings (SSSR count). The summed E-state index contributed by atoms with van der Waals surface area (Å²) < 4.78 is 3.79. The molecule has 0 fully saturated rings. The maximum absolute atomic E-state index is 4.24. The van der Waals surface area contributed by atoms with Crippen LogP contribution in [-0.2, 0) is 20.6 Å². The van der Waals surface area contributed by atoms with E-state index in [0.717, 1.165) is 23.6 Å². The van der Waals surface area contributed by atoms with Gasteiger partial charge in [0, 0.05) is 43.1 Å². The van der Waals surface area contributed by atoms with Gasteiger partial charge in [-0.15, -0.1) is 10.2 Å². The summed E-state index contributed by atoms with van der Waals surface area (Å²) in [6, 6.07) is 8.19. The molecule has 2 aromatic heterocycles. The number of aryl methyl sites for hydroxylation is 2. The summed E-state index contributed by atoms with van der Waals surface area (Å²) in [5, 5.41) is 15.7. The minimum absolute atomic E-state index is 0.767. The molecule has 0 bridgehead atoms. The first-order valence-corrected chi connectivity index (χ1v) is 6.81. The topological polar surface area (TPSA) is 60.6 Å². The molecule has 1 aromatic carbocycles. The summed E-state index contributed by atoms with van der Waals surface area (Å²) in [5.74, 6) is 0.865.